The maximum Gasteiger partial charge on any atom is 0.205 e. The van der Waals surface area contributed by atoms with Gasteiger partial charge in [-0.1, -0.05) is 48.2 Å². The molecule has 0 spiro atoms. The van der Waals surface area contributed by atoms with Gasteiger partial charge in [0.1, 0.15) is 5.75 Å². The predicted octanol–water partition coefficient (Wildman–Crippen LogP) is 5.14. The molecule has 0 aliphatic carbocycles. The largest absolute Gasteiger partial charge is 0.496 e. The number of hydrogen-bond donors (Lipinski definition) is 0. The molecule has 27 heavy (non-hydrogen) atoms. The first-order valence-corrected chi connectivity index (χ1v) is 9.56. The Morgan fingerprint density at radius 3 is 2.59 bits per heavy atom. The summed E-state index contributed by atoms with van der Waals surface area (Å²) in [7, 11) is 1.69. The zero-order valence-electron chi connectivity index (χ0n) is 15.1. The number of benzene rings is 2. The molecule has 2 aromatic heterocycles. The molecule has 0 saturated heterocycles. The van der Waals surface area contributed by atoms with Gasteiger partial charge in [-0.3, -0.25) is 4.57 Å². The molecule has 4 rings (SSSR count). The van der Waals surface area contributed by atoms with E-state index in [0.29, 0.717) is 11.6 Å². The van der Waals surface area contributed by atoms with E-state index in [1.165, 1.54) is 0 Å². The third-order valence-electron chi connectivity index (χ3n) is 4.28. The van der Waals surface area contributed by atoms with Crippen molar-refractivity contribution in [3.8, 4) is 23.0 Å². The van der Waals surface area contributed by atoms with Crippen LogP contribution in [0.5, 0.6) is 5.75 Å². The molecule has 0 atom stereocenters. The lowest BCUT2D eigenvalue weighted by atomic mass is 10.2. The Hall–Kier alpha value is -2.99. The van der Waals surface area contributed by atoms with Gasteiger partial charge < -0.3 is 9.15 Å². The molecule has 0 fully saturated rings. The van der Waals surface area contributed by atoms with Gasteiger partial charge in [0.15, 0.2) is 10.9 Å². The van der Waals surface area contributed by atoms with Gasteiger partial charge in [0.2, 0.25) is 5.82 Å². The third-order valence-corrected chi connectivity index (χ3v) is 5.26. The highest BCUT2D eigenvalue weighted by Gasteiger charge is 2.19. The van der Waals surface area contributed by atoms with Crippen LogP contribution in [0.1, 0.15) is 11.1 Å². The van der Waals surface area contributed by atoms with E-state index >= 15 is 0 Å². The summed E-state index contributed by atoms with van der Waals surface area (Å²) in [4.78, 5) is 0. The summed E-state index contributed by atoms with van der Waals surface area (Å²) in [5.41, 5.74) is 3.30. The number of methoxy groups -OCH3 is 1. The zero-order valence-corrected chi connectivity index (χ0v) is 15.9. The summed E-state index contributed by atoms with van der Waals surface area (Å²) in [5, 5.41) is 9.64. The second-order valence-corrected chi connectivity index (χ2v) is 6.95. The number of nitrogens with zero attached hydrogens (tertiary/aromatic N) is 3. The standard InChI is InChI=1S/C21H19N3O2S/c1-15-8-3-5-10-17(15)24-20(19-12-7-13-26-19)22-23-21(24)27-14-16-9-4-6-11-18(16)25-2/h3-13H,14H2,1-2H3. The van der Waals surface area contributed by atoms with Crippen molar-refractivity contribution in [1.82, 2.24) is 14.8 Å². The number of para-hydroxylation sites is 2. The number of hydrogen-bond acceptors (Lipinski definition) is 5. The van der Waals surface area contributed by atoms with Crippen molar-refractivity contribution in [1.29, 1.82) is 0 Å². The van der Waals surface area contributed by atoms with E-state index in [-0.39, 0.29) is 0 Å². The maximum absolute atomic E-state index is 5.58. The minimum atomic E-state index is 0.690. The van der Waals surface area contributed by atoms with Crippen LogP contribution < -0.4 is 4.74 Å². The molecular weight excluding hydrogens is 358 g/mol. The number of thioether (sulfide) groups is 1. The van der Waals surface area contributed by atoms with E-state index in [0.717, 1.165) is 33.5 Å². The van der Waals surface area contributed by atoms with Crippen LogP contribution in [0, 0.1) is 6.92 Å². The Labute approximate surface area is 162 Å². The Bertz CT molecular complexity index is 1040. The molecule has 0 amide bonds. The second-order valence-electron chi connectivity index (χ2n) is 6.01. The van der Waals surface area contributed by atoms with Gasteiger partial charge >= 0.3 is 0 Å². The normalized spacial score (nSPS) is 10.9. The fourth-order valence-corrected chi connectivity index (χ4v) is 3.86. The van der Waals surface area contributed by atoms with Gasteiger partial charge in [-0.2, -0.15) is 0 Å². The van der Waals surface area contributed by atoms with Crippen molar-refractivity contribution >= 4 is 11.8 Å². The summed E-state index contributed by atoms with van der Waals surface area (Å²) >= 11 is 1.62. The van der Waals surface area contributed by atoms with Crippen LogP contribution in [0.3, 0.4) is 0 Å². The lowest BCUT2D eigenvalue weighted by Gasteiger charge is -2.12. The summed E-state index contributed by atoms with van der Waals surface area (Å²) < 4.78 is 13.1. The fourth-order valence-electron chi connectivity index (χ4n) is 2.92. The SMILES string of the molecule is COc1ccccc1CSc1nnc(-c2ccco2)n1-c1ccccc1C. The highest BCUT2D eigenvalue weighted by atomic mass is 32.2. The number of furan rings is 1. The van der Waals surface area contributed by atoms with Crippen molar-refractivity contribution < 1.29 is 9.15 Å². The number of rotatable bonds is 6. The first kappa shape index (κ1) is 17.4. The van der Waals surface area contributed by atoms with Crippen LogP contribution in [0.25, 0.3) is 17.3 Å². The van der Waals surface area contributed by atoms with Crippen LogP contribution >= 0.6 is 11.8 Å². The number of aromatic nitrogens is 3. The molecule has 5 nitrogen and oxygen atoms in total. The highest BCUT2D eigenvalue weighted by molar-refractivity contribution is 7.98. The minimum absolute atomic E-state index is 0.690. The van der Waals surface area contributed by atoms with E-state index in [1.54, 1.807) is 25.1 Å². The molecule has 136 valence electrons. The molecule has 0 saturated carbocycles. The minimum Gasteiger partial charge on any atom is -0.496 e. The van der Waals surface area contributed by atoms with Crippen molar-refractivity contribution in [3.05, 3.63) is 78.1 Å². The van der Waals surface area contributed by atoms with E-state index in [4.69, 9.17) is 9.15 Å². The molecule has 2 heterocycles. The number of ether oxygens (including phenoxy) is 1. The van der Waals surface area contributed by atoms with Crippen molar-refractivity contribution in [2.75, 3.05) is 7.11 Å². The van der Waals surface area contributed by atoms with Gasteiger partial charge in [-0.25, -0.2) is 0 Å². The quantitative estimate of drug-likeness (QED) is 0.436. The Morgan fingerprint density at radius 2 is 1.81 bits per heavy atom. The molecule has 4 aromatic rings. The second kappa shape index (κ2) is 7.72. The molecule has 0 unspecified atom stereocenters. The van der Waals surface area contributed by atoms with Crippen molar-refractivity contribution in [2.45, 2.75) is 17.8 Å². The predicted molar refractivity (Wildman–Crippen MR) is 106 cm³/mol. The highest BCUT2D eigenvalue weighted by Crippen LogP contribution is 2.32. The monoisotopic (exact) mass is 377 g/mol. The molecular formula is C21H19N3O2S. The summed E-state index contributed by atoms with van der Waals surface area (Å²) in [6.45, 7) is 2.08. The molecule has 0 radical (unpaired) electrons. The van der Waals surface area contributed by atoms with Crippen LogP contribution in [-0.4, -0.2) is 21.9 Å². The van der Waals surface area contributed by atoms with E-state index in [9.17, 15) is 0 Å². The Kier molecular flexibility index (Phi) is 4.98. The zero-order chi connectivity index (χ0) is 18.6. The van der Waals surface area contributed by atoms with Crippen molar-refractivity contribution in [3.63, 3.8) is 0 Å². The molecule has 2 aromatic carbocycles. The lowest BCUT2D eigenvalue weighted by molar-refractivity contribution is 0.411. The summed E-state index contributed by atoms with van der Waals surface area (Å²) in [6.07, 6.45) is 1.65. The topological polar surface area (TPSA) is 53.1 Å². The van der Waals surface area contributed by atoms with Gasteiger partial charge in [-0.15, -0.1) is 10.2 Å². The van der Waals surface area contributed by atoms with Gasteiger partial charge in [0, 0.05) is 11.3 Å². The van der Waals surface area contributed by atoms with Crippen molar-refractivity contribution in [2.24, 2.45) is 0 Å². The van der Waals surface area contributed by atoms with Crippen LogP contribution in [-0.2, 0) is 5.75 Å². The van der Waals surface area contributed by atoms with Gasteiger partial charge in [0.05, 0.1) is 19.1 Å². The first-order valence-electron chi connectivity index (χ1n) is 8.58. The summed E-state index contributed by atoms with van der Waals surface area (Å²) in [5.74, 6) is 2.98. The smallest absolute Gasteiger partial charge is 0.205 e. The van der Waals surface area contributed by atoms with Gasteiger partial charge in [-0.05, 0) is 36.8 Å². The molecule has 0 bridgehead atoms. The lowest BCUT2D eigenvalue weighted by Crippen LogP contribution is -2.01. The molecule has 6 heteroatoms. The van der Waals surface area contributed by atoms with E-state index < -0.39 is 0 Å². The number of aryl methyl sites for hydroxylation is 1. The first-order chi connectivity index (χ1) is 13.3. The van der Waals surface area contributed by atoms with Crippen LogP contribution in [0.4, 0.5) is 0 Å². The molecule has 0 aliphatic rings. The van der Waals surface area contributed by atoms with Crippen LogP contribution in [0.2, 0.25) is 0 Å². The summed E-state index contributed by atoms with van der Waals surface area (Å²) in [6, 6.07) is 20.0. The third kappa shape index (κ3) is 3.48. The maximum atomic E-state index is 5.58. The average molecular weight is 377 g/mol. The Balaban J connectivity index is 1.74. The van der Waals surface area contributed by atoms with Crippen LogP contribution in [0.15, 0.2) is 76.5 Å². The average Bonchev–Trinajstić information content (AvgIpc) is 3.36. The Morgan fingerprint density at radius 1 is 1.00 bits per heavy atom. The fraction of sp³-hybridized carbons (Fsp3) is 0.143. The van der Waals surface area contributed by atoms with E-state index in [2.05, 4.69) is 35.3 Å². The molecule has 0 aliphatic heterocycles. The molecule has 0 N–H and O–H groups in total. The van der Waals surface area contributed by atoms with E-state index in [1.807, 2.05) is 47.0 Å². The van der Waals surface area contributed by atoms with Gasteiger partial charge in [0.25, 0.3) is 0 Å².